The lowest BCUT2D eigenvalue weighted by atomic mass is 9.95. The Bertz CT molecular complexity index is 336. The van der Waals surface area contributed by atoms with Crippen molar-refractivity contribution in [2.75, 3.05) is 0 Å². The van der Waals surface area contributed by atoms with Crippen LogP contribution in [0.25, 0.3) is 0 Å². The standard InChI is InChI=1S/C20H42N2Si2/c1-17(2)21(19-11-7-5-8-12-19)23-15-24(16-23)22(18(3)4)20-13-9-6-10-14-20/h17-20,23-24H,5-16H2,1-4H3. The van der Waals surface area contributed by atoms with E-state index in [9.17, 15) is 0 Å². The highest BCUT2D eigenvalue weighted by molar-refractivity contribution is 6.92. The predicted octanol–water partition coefficient (Wildman–Crippen LogP) is 4.61. The molecule has 3 rings (SSSR count). The molecule has 2 aliphatic carbocycles. The molecule has 1 saturated heterocycles. The van der Waals surface area contributed by atoms with Gasteiger partial charge in [-0.05, 0) is 49.1 Å². The van der Waals surface area contributed by atoms with Gasteiger partial charge in [-0.3, -0.25) is 0 Å². The highest BCUT2D eigenvalue weighted by Gasteiger charge is 2.45. The molecule has 140 valence electrons. The lowest BCUT2D eigenvalue weighted by molar-refractivity contribution is 0.204. The summed E-state index contributed by atoms with van der Waals surface area (Å²) in [6.07, 6.45) is 15.0. The normalized spacial score (nSPS) is 30.5. The first-order valence-corrected chi connectivity index (χ1v) is 15.4. The first-order valence-electron chi connectivity index (χ1n) is 11.1. The maximum absolute atomic E-state index is 3.10. The fraction of sp³-hybridized carbons (Fsp3) is 1.00. The number of rotatable bonds is 6. The molecule has 2 nitrogen and oxygen atoms in total. The van der Waals surface area contributed by atoms with Crippen LogP contribution in [0, 0.1) is 0 Å². The predicted molar refractivity (Wildman–Crippen MR) is 112 cm³/mol. The Balaban J connectivity index is 1.58. The summed E-state index contributed by atoms with van der Waals surface area (Å²) in [4.78, 5) is 0. The Morgan fingerprint density at radius 3 is 1.21 bits per heavy atom. The third-order valence-corrected chi connectivity index (χ3v) is 19.5. The van der Waals surface area contributed by atoms with Crippen molar-refractivity contribution < 1.29 is 0 Å². The van der Waals surface area contributed by atoms with Gasteiger partial charge in [0.1, 0.15) is 17.9 Å². The summed E-state index contributed by atoms with van der Waals surface area (Å²) in [6, 6.07) is 3.55. The van der Waals surface area contributed by atoms with Crippen molar-refractivity contribution in [2.45, 2.75) is 127 Å². The van der Waals surface area contributed by atoms with E-state index in [1.807, 2.05) is 0 Å². The second kappa shape index (κ2) is 8.83. The zero-order valence-electron chi connectivity index (χ0n) is 16.8. The van der Waals surface area contributed by atoms with E-state index in [4.69, 9.17) is 0 Å². The van der Waals surface area contributed by atoms with Crippen LogP contribution in [0.2, 0.25) is 11.3 Å². The first kappa shape index (κ1) is 19.1. The van der Waals surface area contributed by atoms with Gasteiger partial charge < -0.3 is 9.13 Å². The number of hydrogen-bond donors (Lipinski definition) is 0. The average molecular weight is 367 g/mol. The Labute approximate surface area is 154 Å². The highest BCUT2D eigenvalue weighted by Crippen LogP contribution is 2.36. The molecule has 4 heteroatoms. The van der Waals surface area contributed by atoms with Gasteiger partial charge in [-0.15, -0.1) is 0 Å². The largest absolute Gasteiger partial charge is 0.322 e. The van der Waals surface area contributed by atoms with Gasteiger partial charge >= 0.3 is 0 Å². The molecule has 0 spiro atoms. The maximum Gasteiger partial charge on any atom is 0.109 e. The van der Waals surface area contributed by atoms with Crippen molar-refractivity contribution >= 4 is 17.9 Å². The molecule has 0 unspecified atom stereocenters. The molecule has 0 aromatic heterocycles. The Morgan fingerprint density at radius 2 is 0.917 bits per heavy atom. The third kappa shape index (κ3) is 4.36. The smallest absolute Gasteiger partial charge is 0.109 e. The lowest BCUT2D eigenvalue weighted by Gasteiger charge is -2.53. The molecule has 3 fully saturated rings. The van der Waals surface area contributed by atoms with E-state index in [1.165, 1.54) is 64.2 Å². The van der Waals surface area contributed by atoms with Crippen molar-refractivity contribution in [3.63, 3.8) is 0 Å². The molecular formula is C20H42N2Si2. The van der Waals surface area contributed by atoms with Gasteiger partial charge in [0.15, 0.2) is 0 Å². The van der Waals surface area contributed by atoms with Crippen LogP contribution < -0.4 is 0 Å². The van der Waals surface area contributed by atoms with Crippen LogP contribution in [0.5, 0.6) is 0 Å². The molecule has 0 radical (unpaired) electrons. The molecule has 0 aromatic rings. The first-order chi connectivity index (χ1) is 11.6. The quantitative estimate of drug-likeness (QED) is 0.633. The van der Waals surface area contributed by atoms with Crippen molar-refractivity contribution in [1.82, 2.24) is 9.13 Å². The molecule has 3 aliphatic rings. The second-order valence-electron chi connectivity index (χ2n) is 9.44. The summed E-state index contributed by atoms with van der Waals surface area (Å²) in [6.45, 7) is 9.94. The number of hydrogen-bond acceptors (Lipinski definition) is 2. The van der Waals surface area contributed by atoms with Crippen molar-refractivity contribution in [1.29, 1.82) is 0 Å². The van der Waals surface area contributed by atoms with Gasteiger partial charge in [-0.1, -0.05) is 66.2 Å². The van der Waals surface area contributed by atoms with E-state index >= 15 is 0 Å². The van der Waals surface area contributed by atoms with E-state index in [1.54, 1.807) is 11.3 Å². The Hall–Kier alpha value is 0.354. The van der Waals surface area contributed by atoms with Gasteiger partial charge in [-0.25, -0.2) is 0 Å². The SMILES string of the molecule is CC(C)N(C1CCCCC1)[SiH]1C[SiH](N(C(C)C)C2CCCCC2)C1. The Kier molecular flexibility index (Phi) is 7.04. The zero-order chi connectivity index (χ0) is 17.1. The lowest BCUT2D eigenvalue weighted by Crippen LogP contribution is -2.65. The van der Waals surface area contributed by atoms with Crippen LogP contribution in [0.4, 0.5) is 0 Å². The maximum atomic E-state index is 3.10. The number of nitrogens with zero attached hydrogens (tertiary/aromatic N) is 2. The summed E-state index contributed by atoms with van der Waals surface area (Å²) >= 11 is 0. The third-order valence-electron chi connectivity index (χ3n) is 7.12. The van der Waals surface area contributed by atoms with E-state index in [-0.39, 0.29) is 0 Å². The van der Waals surface area contributed by atoms with E-state index in [0.29, 0.717) is 0 Å². The molecule has 0 bridgehead atoms. The van der Waals surface area contributed by atoms with E-state index in [2.05, 4.69) is 36.8 Å². The second-order valence-corrected chi connectivity index (χ2v) is 17.0. The summed E-state index contributed by atoms with van der Waals surface area (Å²) in [7, 11) is -1.21. The van der Waals surface area contributed by atoms with Crippen LogP contribution in [0.15, 0.2) is 0 Å². The zero-order valence-corrected chi connectivity index (χ0v) is 19.2. The van der Waals surface area contributed by atoms with Gasteiger partial charge in [0.05, 0.1) is 0 Å². The molecule has 0 amide bonds. The molecule has 2 saturated carbocycles. The summed E-state index contributed by atoms with van der Waals surface area (Å²) in [5.41, 5.74) is 3.42. The van der Waals surface area contributed by atoms with Crippen molar-refractivity contribution in [2.24, 2.45) is 0 Å². The van der Waals surface area contributed by atoms with Crippen LogP contribution in [-0.4, -0.2) is 51.2 Å². The van der Waals surface area contributed by atoms with Gasteiger partial charge in [0.2, 0.25) is 0 Å². The minimum atomic E-state index is -0.603. The van der Waals surface area contributed by atoms with Gasteiger partial charge in [0.25, 0.3) is 0 Å². The molecule has 24 heavy (non-hydrogen) atoms. The van der Waals surface area contributed by atoms with Crippen LogP contribution in [0.1, 0.15) is 91.9 Å². The topological polar surface area (TPSA) is 6.48 Å². The molecule has 1 heterocycles. The summed E-state index contributed by atoms with van der Waals surface area (Å²) < 4.78 is 6.20. The summed E-state index contributed by atoms with van der Waals surface area (Å²) in [5, 5.41) is 0. The van der Waals surface area contributed by atoms with Crippen LogP contribution in [-0.2, 0) is 0 Å². The minimum Gasteiger partial charge on any atom is -0.322 e. The fourth-order valence-corrected chi connectivity index (χ4v) is 17.9. The van der Waals surface area contributed by atoms with Crippen molar-refractivity contribution in [3.05, 3.63) is 0 Å². The highest BCUT2D eigenvalue weighted by atomic mass is 28.4. The van der Waals surface area contributed by atoms with Crippen molar-refractivity contribution in [3.8, 4) is 0 Å². The molecule has 0 aromatic carbocycles. The van der Waals surface area contributed by atoms with Gasteiger partial charge in [-0.2, -0.15) is 0 Å². The summed E-state index contributed by atoms with van der Waals surface area (Å²) in [5.74, 6) is 0. The molecule has 0 atom stereocenters. The van der Waals surface area contributed by atoms with Gasteiger partial charge in [0, 0.05) is 12.1 Å². The van der Waals surface area contributed by atoms with Crippen LogP contribution in [0.3, 0.4) is 0 Å². The fourth-order valence-electron chi connectivity index (χ4n) is 6.09. The monoisotopic (exact) mass is 366 g/mol. The average Bonchev–Trinajstić information content (AvgIpc) is 2.54. The Morgan fingerprint density at radius 1 is 0.583 bits per heavy atom. The molecular weight excluding hydrogens is 324 g/mol. The molecule has 1 aliphatic heterocycles. The minimum absolute atomic E-state index is 0.603. The van der Waals surface area contributed by atoms with Crippen LogP contribution >= 0.6 is 0 Å². The molecule has 0 N–H and O–H groups in total. The van der Waals surface area contributed by atoms with E-state index in [0.717, 1.165) is 24.2 Å². The van der Waals surface area contributed by atoms with E-state index < -0.39 is 17.9 Å².